The van der Waals surface area contributed by atoms with Crippen LogP contribution in [-0.4, -0.2) is 24.7 Å². The summed E-state index contributed by atoms with van der Waals surface area (Å²) in [5, 5.41) is 2.88. The molecule has 0 radical (unpaired) electrons. The van der Waals surface area contributed by atoms with Gasteiger partial charge in [0, 0.05) is 13.2 Å². The number of hydrogen-bond acceptors (Lipinski definition) is 5. The van der Waals surface area contributed by atoms with Crippen molar-refractivity contribution in [2.75, 3.05) is 24.5 Å². The fourth-order valence-electron chi connectivity index (χ4n) is 1.61. The van der Waals surface area contributed by atoms with E-state index in [1.165, 1.54) is 0 Å². The molecule has 0 spiro atoms. The molecule has 1 aromatic heterocycles. The zero-order valence-electron chi connectivity index (χ0n) is 10.5. The summed E-state index contributed by atoms with van der Waals surface area (Å²) < 4.78 is 31.7. The highest BCUT2D eigenvalue weighted by molar-refractivity contribution is 5.47. The lowest BCUT2D eigenvalue weighted by Crippen LogP contribution is -2.26. The number of nitrogens with one attached hydrogen (secondary N) is 2. The molecule has 0 saturated carbocycles. The molecule has 7 heteroatoms. The Labute approximate surface area is 105 Å². The molecule has 1 rings (SSSR count). The number of ether oxygens (including phenoxy) is 1. The predicted octanol–water partition coefficient (Wildman–Crippen LogP) is 1.87. The Kier molecular flexibility index (Phi) is 5.73. The zero-order valence-corrected chi connectivity index (χ0v) is 10.5. The number of nitrogens with two attached hydrogens (primary N) is 1. The van der Waals surface area contributed by atoms with E-state index < -0.39 is 11.6 Å². The standard InChI is InChI=1S/C11H18F2N4O/c1-3-4-7(6-18-2)15-10-8(12)5-9(13)11(16-10)17-14/h5,7H,3-4,6,14H2,1-2H3,(H2,15,16,17). The van der Waals surface area contributed by atoms with Gasteiger partial charge >= 0.3 is 0 Å². The van der Waals surface area contributed by atoms with Gasteiger partial charge in [0.15, 0.2) is 23.3 Å². The van der Waals surface area contributed by atoms with Crippen LogP contribution < -0.4 is 16.6 Å². The Balaban J connectivity index is 2.87. The van der Waals surface area contributed by atoms with Gasteiger partial charge in [-0.2, -0.15) is 0 Å². The number of aromatic nitrogens is 1. The molecule has 102 valence electrons. The lowest BCUT2D eigenvalue weighted by Gasteiger charge is -2.18. The first kappa shape index (κ1) is 14.6. The number of hydrazine groups is 1. The number of pyridine rings is 1. The Hall–Kier alpha value is -1.47. The van der Waals surface area contributed by atoms with E-state index in [0.29, 0.717) is 6.61 Å². The first-order valence-corrected chi connectivity index (χ1v) is 5.70. The van der Waals surface area contributed by atoms with Gasteiger partial charge < -0.3 is 15.5 Å². The second-order valence-corrected chi connectivity index (χ2v) is 3.88. The molecule has 1 unspecified atom stereocenters. The Morgan fingerprint density at radius 1 is 1.39 bits per heavy atom. The highest BCUT2D eigenvalue weighted by Crippen LogP contribution is 2.19. The average molecular weight is 260 g/mol. The molecule has 0 saturated heterocycles. The smallest absolute Gasteiger partial charge is 0.178 e. The van der Waals surface area contributed by atoms with Crippen LogP contribution in [0.15, 0.2) is 6.07 Å². The number of hydrogen-bond donors (Lipinski definition) is 3. The monoisotopic (exact) mass is 260 g/mol. The van der Waals surface area contributed by atoms with Gasteiger partial charge in [-0.25, -0.2) is 19.6 Å². The average Bonchev–Trinajstić information content (AvgIpc) is 2.33. The van der Waals surface area contributed by atoms with Crippen molar-refractivity contribution in [3.05, 3.63) is 17.7 Å². The Bertz CT molecular complexity index is 384. The second kappa shape index (κ2) is 7.07. The SMILES string of the molecule is CCCC(COC)Nc1nc(NN)c(F)cc1F. The molecule has 5 nitrogen and oxygen atoms in total. The first-order valence-electron chi connectivity index (χ1n) is 5.70. The molecule has 0 aliphatic carbocycles. The number of nitrogen functional groups attached to an aromatic ring is 1. The first-order chi connectivity index (χ1) is 8.62. The van der Waals surface area contributed by atoms with Crippen LogP contribution in [0.5, 0.6) is 0 Å². The minimum absolute atomic E-state index is 0.0418. The van der Waals surface area contributed by atoms with Gasteiger partial charge in [0.05, 0.1) is 12.6 Å². The van der Waals surface area contributed by atoms with Crippen LogP contribution in [0.25, 0.3) is 0 Å². The van der Waals surface area contributed by atoms with Crippen molar-refractivity contribution in [3.63, 3.8) is 0 Å². The van der Waals surface area contributed by atoms with Crippen molar-refractivity contribution in [1.82, 2.24) is 4.98 Å². The number of halogens is 2. The largest absolute Gasteiger partial charge is 0.383 e. The van der Waals surface area contributed by atoms with Gasteiger partial charge in [-0.1, -0.05) is 13.3 Å². The van der Waals surface area contributed by atoms with E-state index in [0.717, 1.165) is 18.9 Å². The van der Waals surface area contributed by atoms with E-state index in [-0.39, 0.29) is 17.7 Å². The molecule has 18 heavy (non-hydrogen) atoms. The number of rotatable bonds is 7. The van der Waals surface area contributed by atoms with Crippen LogP contribution in [0.3, 0.4) is 0 Å². The van der Waals surface area contributed by atoms with E-state index in [1.807, 2.05) is 6.92 Å². The van der Waals surface area contributed by atoms with Crippen molar-refractivity contribution < 1.29 is 13.5 Å². The van der Waals surface area contributed by atoms with Crippen molar-refractivity contribution in [2.24, 2.45) is 5.84 Å². The third kappa shape index (κ3) is 3.78. The lowest BCUT2D eigenvalue weighted by molar-refractivity contribution is 0.182. The molecule has 1 aromatic rings. The van der Waals surface area contributed by atoms with Crippen molar-refractivity contribution in [1.29, 1.82) is 0 Å². The van der Waals surface area contributed by atoms with Crippen molar-refractivity contribution in [2.45, 2.75) is 25.8 Å². The molecule has 0 bridgehead atoms. The molecule has 0 aromatic carbocycles. The molecular weight excluding hydrogens is 242 g/mol. The third-order valence-corrected chi connectivity index (χ3v) is 2.41. The third-order valence-electron chi connectivity index (χ3n) is 2.41. The Morgan fingerprint density at radius 3 is 2.61 bits per heavy atom. The molecule has 0 aliphatic rings. The zero-order chi connectivity index (χ0) is 13.5. The van der Waals surface area contributed by atoms with E-state index in [2.05, 4.69) is 15.7 Å². The summed E-state index contributed by atoms with van der Waals surface area (Å²) in [7, 11) is 1.56. The Morgan fingerprint density at radius 2 is 2.06 bits per heavy atom. The van der Waals surface area contributed by atoms with Gasteiger partial charge in [0.25, 0.3) is 0 Å². The summed E-state index contributed by atoms with van der Waals surface area (Å²) in [5.41, 5.74) is 2.08. The van der Waals surface area contributed by atoms with Gasteiger partial charge in [0.1, 0.15) is 0 Å². The maximum Gasteiger partial charge on any atom is 0.178 e. The molecule has 1 heterocycles. The van der Waals surface area contributed by atoms with E-state index in [1.54, 1.807) is 7.11 Å². The van der Waals surface area contributed by atoms with Crippen LogP contribution in [0.4, 0.5) is 20.4 Å². The summed E-state index contributed by atoms with van der Waals surface area (Å²) >= 11 is 0. The van der Waals surface area contributed by atoms with Crippen LogP contribution in [0.1, 0.15) is 19.8 Å². The molecule has 0 aliphatic heterocycles. The summed E-state index contributed by atoms with van der Waals surface area (Å²) in [5.74, 6) is 3.25. The van der Waals surface area contributed by atoms with Gasteiger partial charge in [-0.05, 0) is 6.42 Å². The molecule has 1 atom stereocenters. The number of nitrogens with zero attached hydrogens (tertiary/aromatic N) is 1. The van der Waals surface area contributed by atoms with Crippen molar-refractivity contribution >= 4 is 11.6 Å². The van der Waals surface area contributed by atoms with Crippen LogP contribution in [0, 0.1) is 11.6 Å². The van der Waals surface area contributed by atoms with Crippen LogP contribution in [0.2, 0.25) is 0 Å². The summed E-state index contributed by atoms with van der Waals surface area (Å²) in [4.78, 5) is 3.74. The van der Waals surface area contributed by atoms with E-state index in [4.69, 9.17) is 10.6 Å². The van der Waals surface area contributed by atoms with Crippen LogP contribution >= 0.6 is 0 Å². The molecule has 0 fully saturated rings. The van der Waals surface area contributed by atoms with Gasteiger partial charge in [-0.3, -0.25) is 0 Å². The highest BCUT2D eigenvalue weighted by Gasteiger charge is 2.15. The van der Waals surface area contributed by atoms with Gasteiger partial charge in [0.2, 0.25) is 0 Å². The molecular formula is C11H18F2N4O. The molecule has 0 amide bonds. The number of anilines is 2. The lowest BCUT2D eigenvalue weighted by atomic mass is 10.2. The van der Waals surface area contributed by atoms with Gasteiger partial charge in [-0.15, -0.1) is 0 Å². The van der Waals surface area contributed by atoms with Crippen LogP contribution in [-0.2, 0) is 4.74 Å². The highest BCUT2D eigenvalue weighted by atomic mass is 19.1. The normalized spacial score (nSPS) is 12.3. The maximum atomic E-state index is 13.5. The maximum absolute atomic E-state index is 13.5. The fourth-order valence-corrected chi connectivity index (χ4v) is 1.61. The van der Waals surface area contributed by atoms with E-state index in [9.17, 15) is 8.78 Å². The minimum atomic E-state index is -0.834. The fraction of sp³-hybridized carbons (Fsp3) is 0.545. The second-order valence-electron chi connectivity index (χ2n) is 3.88. The quantitative estimate of drug-likeness (QED) is 0.515. The predicted molar refractivity (Wildman–Crippen MR) is 66.2 cm³/mol. The number of methoxy groups -OCH3 is 1. The van der Waals surface area contributed by atoms with E-state index >= 15 is 0 Å². The van der Waals surface area contributed by atoms with Crippen molar-refractivity contribution in [3.8, 4) is 0 Å². The summed E-state index contributed by atoms with van der Waals surface area (Å²) in [6.07, 6.45) is 1.70. The summed E-state index contributed by atoms with van der Waals surface area (Å²) in [6.45, 7) is 2.42. The topological polar surface area (TPSA) is 72.2 Å². The molecule has 4 N–H and O–H groups in total. The summed E-state index contributed by atoms with van der Waals surface area (Å²) in [6, 6.07) is 0.651. The minimum Gasteiger partial charge on any atom is -0.383 e.